The van der Waals surface area contributed by atoms with Crippen LogP contribution >= 0.6 is 0 Å². The Bertz CT molecular complexity index is 635. The fourth-order valence-electron chi connectivity index (χ4n) is 2.64. The number of amides is 2. The van der Waals surface area contributed by atoms with E-state index in [-0.39, 0.29) is 11.8 Å². The van der Waals surface area contributed by atoms with E-state index in [2.05, 4.69) is 22.0 Å². The average molecular weight is 329 g/mol. The topological polar surface area (TPSA) is 70.2 Å². The Labute approximate surface area is 143 Å². The largest absolute Gasteiger partial charge is 0.348 e. The lowest BCUT2D eigenvalue weighted by Crippen LogP contribution is -2.29. The van der Waals surface area contributed by atoms with Crippen molar-refractivity contribution in [3.63, 3.8) is 0 Å². The molecule has 1 aromatic carbocycles. The summed E-state index contributed by atoms with van der Waals surface area (Å²) < 4.78 is 0. The molecule has 0 bridgehead atoms. The molecule has 0 saturated heterocycles. The molecule has 2 amide bonds. The highest BCUT2D eigenvalue weighted by Crippen LogP contribution is 2.17. The van der Waals surface area contributed by atoms with Crippen LogP contribution in [-0.2, 0) is 4.79 Å². The third-order valence-electron chi connectivity index (χ3n) is 3.99. The first-order chi connectivity index (χ1) is 11.5. The summed E-state index contributed by atoms with van der Waals surface area (Å²) in [4.78, 5) is 24.1. The Balaban J connectivity index is 1.94. The van der Waals surface area contributed by atoms with Gasteiger partial charge in [0.15, 0.2) is 0 Å². The summed E-state index contributed by atoms with van der Waals surface area (Å²) in [5.74, 6) is 0.236. The summed E-state index contributed by atoms with van der Waals surface area (Å²) >= 11 is 0. The van der Waals surface area contributed by atoms with Gasteiger partial charge in [0.2, 0.25) is 5.91 Å². The smallest absolute Gasteiger partial charge is 0.251 e. The number of carbonyl (C=O) groups is 2. The molecule has 1 aliphatic heterocycles. The zero-order valence-electron chi connectivity index (χ0n) is 14.7. The Morgan fingerprint density at radius 3 is 2.71 bits per heavy atom. The van der Waals surface area contributed by atoms with E-state index in [4.69, 9.17) is 0 Å². The number of hydrogen-bond acceptors (Lipinski definition) is 3. The Morgan fingerprint density at radius 2 is 2.08 bits per heavy atom. The predicted octanol–water partition coefficient (Wildman–Crippen LogP) is 2.63. The van der Waals surface area contributed by atoms with Gasteiger partial charge in [0.1, 0.15) is 0 Å². The fraction of sp³-hybridized carbons (Fsp3) is 0.474. The molecule has 5 nitrogen and oxygen atoms in total. The number of anilines is 1. The van der Waals surface area contributed by atoms with Gasteiger partial charge in [-0.3, -0.25) is 9.59 Å². The molecule has 2 rings (SSSR count). The second kappa shape index (κ2) is 8.64. The highest BCUT2D eigenvalue weighted by Gasteiger charge is 2.11. The first-order valence-corrected chi connectivity index (χ1v) is 8.53. The van der Waals surface area contributed by atoms with Crippen LogP contribution in [0.15, 0.2) is 29.8 Å². The zero-order chi connectivity index (χ0) is 17.5. The number of hydrogen-bond donors (Lipinski definition) is 3. The van der Waals surface area contributed by atoms with Crippen molar-refractivity contribution in [2.45, 2.75) is 33.6 Å². The van der Waals surface area contributed by atoms with Gasteiger partial charge in [0.05, 0.1) is 0 Å². The summed E-state index contributed by atoms with van der Waals surface area (Å²) in [5, 5.41) is 9.12. The van der Waals surface area contributed by atoms with E-state index < -0.39 is 0 Å². The molecule has 0 atom stereocenters. The summed E-state index contributed by atoms with van der Waals surface area (Å²) in [7, 11) is 0. The van der Waals surface area contributed by atoms with E-state index in [1.165, 1.54) is 5.57 Å². The zero-order valence-corrected chi connectivity index (χ0v) is 14.7. The molecule has 1 aromatic rings. The van der Waals surface area contributed by atoms with Gasteiger partial charge in [-0.1, -0.05) is 25.5 Å². The maximum atomic E-state index is 12.3. The van der Waals surface area contributed by atoms with Crippen molar-refractivity contribution >= 4 is 17.5 Å². The van der Waals surface area contributed by atoms with Gasteiger partial charge in [-0.2, -0.15) is 0 Å². The highest BCUT2D eigenvalue weighted by atomic mass is 16.2. The van der Waals surface area contributed by atoms with Crippen LogP contribution < -0.4 is 16.0 Å². The maximum Gasteiger partial charge on any atom is 0.251 e. The highest BCUT2D eigenvalue weighted by molar-refractivity contribution is 5.96. The Hall–Kier alpha value is -2.14. The molecule has 0 unspecified atom stereocenters. The molecule has 24 heavy (non-hydrogen) atoms. The number of rotatable bonds is 6. The average Bonchev–Trinajstić information content (AvgIpc) is 2.54. The molecule has 1 aliphatic rings. The third kappa shape index (κ3) is 5.49. The van der Waals surface area contributed by atoms with Crippen LogP contribution in [0.25, 0.3) is 0 Å². The minimum Gasteiger partial charge on any atom is -0.348 e. The molecule has 1 heterocycles. The Kier molecular flexibility index (Phi) is 6.55. The standard InChI is InChI=1S/C19H27N3O2/c1-13(2)10-18(23)22-17-5-4-16(11-14(17)3)19(24)21-12-15-6-8-20-9-7-15/h4-6,11,13,20H,7-10,12H2,1-3H3,(H,21,24)(H,22,23). The van der Waals surface area contributed by atoms with E-state index in [9.17, 15) is 9.59 Å². The molecule has 130 valence electrons. The van der Waals surface area contributed by atoms with Gasteiger partial charge in [-0.05, 0) is 49.6 Å². The van der Waals surface area contributed by atoms with Gasteiger partial charge >= 0.3 is 0 Å². The van der Waals surface area contributed by atoms with Gasteiger partial charge in [-0.15, -0.1) is 0 Å². The molecular formula is C19H27N3O2. The van der Waals surface area contributed by atoms with Crippen molar-refractivity contribution in [3.8, 4) is 0 Å². The second-order valence-electron chi connectivity index (χ2n) is 6.68. The van der Waals surface area contributed by atoms with Crippen molar-refractivity contribution in [1.82, 2.24) is 10.6 Å². The SMILES string of the molecule is Cc1cc(C(=O)NCC2=CCNCC2)ccc1NC(=O)CC(C)C. The normalized spacial score (nSPS) is 14.2. The van der Waals surface area contributed by atoms with E-state index in [1.807, 2.05) is 26.8 Å². The Morgan fingerprint density at radius 1 is 1.29 bits per heavy atom. The summed E-state index contributed by atoms with van der Waals surface area (Å²) in [6, 6.07) is 5.37. The van der Waals surface area contributed by atoms with Crippen molar-refractivity contribution in [2.75, 3.05) is 25.0 Å². The van der Waals surface area contributed by atoms with Gasteiger partial charge in [0, 0.05) is 30.8 Å². The van der Waals surface area contributed by atoms with Crippen LogP contribution in [0.2, 0.25) is 0 Å². The first-order valence-electron chi connectivity index (χ1n) is 8.53. The van der Waals surface area contributed by atoms with E-state index in [1.54, 1.807) is 12.1 Å². The molecule has 0 radical (unpaired) electrons. The van der Waals surface area contributed by atoms with Crippen LogP contribution in [0.4, 0.5) is 5.69 Å². The first kappa shape index (κ1) is 18.2. The van der Waals surface area contributed by atoms with Crippen molar-refractivity contribution in [1.29, 1.82) is 0 Å². The van der Waals surface area contributed by atoms with E-state index in [0.29, 0.717) is 24.4 Å². The molecule has 0 fully saturated rings. The van der Waals surface area contributed by atoms with Crippen LogP contribution in [0.3, 0.4) is 0 Å². The minimum absolute atomic E-state index is 0.00291. The summed E-state index contributed by atoms with van der Waals surface area (Å²) in [6.45, 7) is 8.35. The fourth-order valence-corrected chi connectivity index (χ4v) is 2.64. The van der Waals surface area contributed by atoms with Crippen molar-refractivity contribution in [2.24, 2.45) is 5.92 Å². The van der Waals surface area contributed by atoms with Gasteiger partial charge < -0.3 is 16.0 Å². The molecule has 0 spiro atoms. The lowest BCUT2D eigenvalue weighted by Gasteiger charge is -2.15. The number of nitrogens with one attached hydrogen (secondary N) is 3. The van der Waals surface area contributed by atoms with Crippen LogP contribution in [0, 0.1) is 12.8 Å². The third-order valence-corrected chi connectivity index (χ3v) is 3.99. The molecule has 5 heteroatoms. The van der Waals surface area contributed by atoms with Gasteiger partial charge in [-0.25, -0.2) is 0 Å². The molecule has 0 aliphatic carbocycles. The van der Waals surface area contributed by atoms with Crippen LogP contribution in [0.1, 0.15) is 42.6 Å². The lowest BCUT2D eigenvalue weighted by atomic mass is 10.1. The number of benzene rings is 1. The molecular weight excluding hydrogens is 302 g/mol. The number of carbonyl (C=O) groups excluding carboxylic acids is 2. The summed E-state index contributed by atoms with van der Waals surface area (Å²) in [5.41, 5.74) is 3.53. The van der Waals surface area contributed by atoms with E-state index in [0.717, 1.165) is 30.8 Å². The predicted molar refractivity (Wildman–Crippen MR) is 97.2 cm³/mol. The molecule has 0 aromatic heterocycles. The van der Waals surface area contributed by atoms with Crippen molar-refractivity contribution in [3.05, 3.63) is 41.0 Å². The van der Waals surface area contributed by atoms with Crippen molar-refractivity contribution < 1.29 is 9.59 Å². The quantitative estimate of drug-likeness (QED) is 0.703. The molecule has 3 N–H and O–H groups in total. The summed E-state index contributed by atoms with van der Waals surface area (Å²) in [6.07, 6.45) is 3.59. The van der Waals surface area contributed by atoms with Crippen LogP contribution in [0.5, 0.6) is 0 Å². The minimum atomic E-state index is -0.0856. The lowest BCUT2D eigenvalue weighted by molar-refractivity contribution is -0.116. The maximum absolute atomic E-state index is 12.3. The second-order valence-corrected chi connectivity index (χ2v) is 6.68. The van der Waals surface area contributed by atoms with E-state index >= 15 is 0 Å². The molecule has 0 saturated carbocycles. The van der Waals surface area contributed by atoms with Gasteiger partial charge in [0.25, 0.3) is 5.91 Å². The van der Waals surface area contributed by atoms with Crippen LogP contribution in [-0.4, -0.2) is 31.4 Å². The monoisotopic (exact) mass is 329 g/mol. The number of aryl methyl sites for hydroxylation is 1.